The Kier molecular flexibility index (Phi) is 2.09. The Balaban J connectivity index is 2.37. The van der Waals surface area contributed by atoms with Crippen LogP contribution in [0.3, 0.4) is 0 Å². The molecule has 0 aromatic heterocycles. The van der Waals surface area contributed by atoms with E-state index in [1.165, 1.54) is 19.3 Å². The maximum Gasteiger partial charge on any atom is 0.100 e. The van der Waals surface area contributed by atoms with Crippen molar-refractivity contribution in [3.05, 3.63) is 0 Å². The highest BCUT2D eigenvalue weighted by molar-refractivity contribution is 4.77. The van der Waals surface area contributed by atoms with E-state index in [-0.39, 0.29) is 5.60 Å². The third kappa shape index (κ3) is 1.66. The summed E-state index contributed by atoms with van der Waals surface area (Å²) in [5.74, 6) is 0. The molecule has 2 nitrogen and oxygen atoms in total. The molecule has 0 aromatic rings. The standard InChI is InChI=1S/C7H14O2/c1-7(9-8)5-3-2-4-6-7/h8H,2-6H2,1H3/i8+1. The molecule has 0 bridgehead atoms. The van der Waals surface area contributed by atoms with Crippen molar-refractivity contribution < 1.29 is 10.1 Å². The lowest BCUT2D eigenvalue weighted by molar-refractivity contribution is -0.324. The molecule has 0 unspecified atom stereocenters. The summed E-state index contributed by atoms with van der Waals surface area (Å²) in [4.78, 5) is 4.38. The van der Waals surface area contributed by atoms with E-state index in [4.69, 9.17) is 5.26 Å². The van der Waals surface area contributed by atoms with Gasteiger partial charge in [-0.2, -0.15) is 0 Å². The lowest BCUT2D eigenvalue weighted by Gasteiger charge is -2.29. The van der Waals surface area contributed by atoms with Gasteiger partial charge in [0.05, 0.1) is 0 Å². The van der Waals surface area contributed by atoms with Gasteiger partial charge < -0.3 is 0 Å². The Hall–Kier alpha value is -0.0800. The number of rotatable bonds is 1. The minimum Gasteiger partial charge on any atom is -0.251 e. The molecule has 1 saturated carbocycles. The molecule has 1 fully saturated rings. The molecular weight excluding hydrogens is 117 g/mol. The van der Waals surface area contributed by atoms with E-state index in [0.29, 0.717) is 0 Å². The molecule has 1 rings (SSSR count). The van der Waals surface area contributed by atoms with E-state index in [2.05, 4.69) is 4.89 Å². The highest BCUT2D eigenvalue weighted by atomic mass is 17.7. The third-order valence-electron chi connectivity index (χ3n) is 2.13. The zero-order valence-electron chi connectivity index (χ0n) is 5.89. The SMILES string of the molecule is CC1(O[17OH])CCCCC1. The largest absolute Gasteiger partial charge is 0.251 e. The van der Waals surface area contributed by atoms with Gasteiger partial charge in [-0.25, -0.2) is 4.89 Å². The van der Waals surface area contributed by atoms with Crippen LogP contribution in [0.1, 0.15) is 39.0 Å². The van der Waals surface area contributed by atoms with Crippen molar-refractivity contribution in [2.45, 2.75) is 44.6 Å². The zero-order valence-corrected chi connectivity index (χ0v) is 5.89. The van der Waals surface area contributed by atoms with Gasteiger partial charge in [0.2, 0.25) is 0 Å². The lowest BCUT2D eigenvalue weighted by atomic mass is 9.87. The van der Waals surface area contributed by atoms with Crippen LogP contribution in [0, 0.1) is 0 Å². The second kappa shape index (κ2) is 2.67. The second-order valence-corrected chi connectivity index (χ2v) is 3.10. The Morgan fingerprint density at radius 2 is 1.78 bits per heavy atom. The smallest absolute Gasteiger partial charge is 0.100 e. The first-order valence-electron chi connectivity index (χ1n) is 3.59. The van der Waals surface area contributed by atoms with Crippen LogP contribution in [0.25, 0.3) is 0 Å². The molecule has 1 aliphatic carbocycles. The lowest BCUT2D eigenvalue weighted by Crippen LogP contribution is -2.29. The van der Waals surface area contributed by atoms with Crippen molar-refractivity contribution in [3.63, 3.8) is 0 Å². The van der Waals surface area contributed by atoms with Crippen LogP contribution in [-0.4, -0.2) is 10.9 Å². The van der Waals surface area contributed by atoms with Gasteiger partial charge >= 0.3 is 0 Å². The molecule has 1 N–H and O–H groups in total. The van der Waals surface area contributed by atoms with Gasteiger partial charge in [0.25, 0.3) is 0 Å². The Labute approximate surface area is 55.8 Å². The predicted octanol–water partition coefficient (Wildman–Crippen LogP) is 2.20. The van der Waals surface area contributed by atoms with Gasteiger partial charge in [-0.15, -0.1) is 0 Å². The molecule has 1 aliphatic rings. The second-order valence-electron chi connectivity index (χ2n) is 3.10. The number of hydrogen-bond acceptors (Lipinski definition) is 2. The van der Waals surface area contributed by atoms with Crippen molar-refractivity contribution in [2.24, 2.45) is 0 Å². The molecule has 0 atom stereocenters. The van der Waals surface area contributed by atoms with Crippen LogP contribution in [0.4, 0.5) is 0 Å². The van der Waals surface area contributed by atoms with Crippen LogP contribution in [0.15, 0.2) is 0 Å². The molecule has 0 aromatic carbocycles. The van der Waals surface area contributed by atoms with Crippen molar-refractivity contribution in [1.29, 1.82) is 0 Å². The van der Waals surface area contributed by atoms with Gasteiger partial charge in [0.15, 0.2) is 0 Å². The molecule has 0 spiro atoms. The van der Waals surface area contributed by atoms with Crippen molar-refractivity contribution in [3.8, 4) is 0 Å². The summed E-state index contributed by atoms with van der Waals surface area (Å²) in [6, 6.07) is 0. The van der Waals surface area contributed by atoms with Crippen molar-refractivity contribution >= 4 is 0 Å². The normalized spacial score (nSPS) is 26.0. The third-order valence-corrected chi connectivity index (χ3v) is 2.13. The molecule has 0 amide bonds. The van der Waals surface area contributed by atoms with E-state index >= 15 is 0 Å². The molecule has 54 valence electrons. The molecule has 9 heavy (non-hydrogen) atoms. The highest BCUT2D eigenvalue weighted by Crippen LogP contribution is 2.29. The minimum atomic E-state index is -0.224. The summed E-state index contributed by atoms with van der Waals surface area (Å²) >= 11 is 0. The average Bonchev–Trinajstić information content (AvgIpc) is 1.90. The summed E-state index contributed by atoms with van der Waals surface area (Å²) in [5.41, 5.74) is -0.224. The summed E-state index contributed by atoms with van der Waals surface area (Å²) in [7, 11) is 0. The maximum atomic E-state index is 8.45. The molecule has 0 heterocycles. The van der Waals surface area contributed by atoms with E-state index in [0.717, 1.165) is 12.8 Å². The van der Waals surface area contributed by atoms with E-state index in [1.807, 2.05) is 6.92 Å². The fourth-order valence-electron chi connectivity index (χ4n) is 1.39. The highest BCUT2D eigenvalue weighted by Gasteiger charge is 2.27. The Morgan fingerprint density at radius 3 is 2.11 bits per heavy atom. The fraction of sp³-hybridized carbons (Fsp3) is 1.00. The van der Waals surface area contributed by atoms with Crippen LogP contribution in [0.5, 0.6) is 0 Å². The van der Waals surface area contributed by atoms with E-state index < -0.39 is 0 Å². The van der Waals surface area contributed by atoms with Crippen LogP contribution < -0.4 is 0 Å². The van der Waals surface area contributed by atoms with Gasteiger partial charge in [-0.05, 0) is 19.8 Å². The molecule has 0 aliphatic heterocycles. The Bertz CT molecular complexity index is 84.9. The summed E-state index contributed by atoms with van der Waals surface area (Å²) in [6.07, 6.45) is 5.68. The van der Waals surface area contributed by atoms with Crippen molar-refractivity contribution in [1.82, 2.24) is 0 Å². The van der Waals surface area contributed by atoms with Crippen LogP contribution in [-0.2, 0) is 4.89 Å². The van der Waals surface area contributed by atoms with E-state index in [9.17, 15) is 0 Å². The van der Waals surface area contributed by atoms with Gasteiger partial charge in [0, 0.05) is 0 Å². The summed E-state index contributed by atoms with van der Waals surface area (Å²) in [5, 5.41) is 8.45. The monoisotopic (exact) mass is 131 g/mol. The maximum absolute atomic E-state index is 8.45. The summed E-state index contributed by atoms with van der Waals surface area (Å²) < 4.78 is 0. The first kappa shape index (κ1) is 7.03. The average molecular weight is 131 g/mol. The quantitative estimate of drug-likeness (QED) is 0.436. The topological polar surface area (TPSA) is 29.5 Å². The van der Waals surface area contributed by atoms with Gasteiger partial charge in [-0.1, -0.05) is 19.3 Å². The zero-order chi connectivity index (χ0) is 6.74. The first-order chi connectivity index (χ1) is 4.27. The summed E-state index contributed by atoms with van der Waals surface area (Å²) in [6.45, 7) is 1.96. The molecule has 2 heteroatoms. The predicted molar refractivity (Wildman–Crippen MR) is 35.2 cm³/mol. The number of hydrogen-bond donors (Lipinski definition) is 1. The van der Waals surface area contributed by atoms with Gasteiger partial charge in [-0.3, -0.25) is 5.26 Å². The van der Waals surface area contributed by atoms with Crippen LogP contribution in [0.2, 0.25) is 0 Å². The van der Waals surface area contributed by atoms with Crippen molar-refractivity contribution in [2.75, 3.05) is 0 Å². The molecule has 0 radical (unpaired) electrons. The fourth-order valence-corrected chi connectivity index (χ4v) is 1.39. The van der Waals surface area contributed by atoms with E-state index in [1.54, 1.807) is 0 Å². The van der Waals surface area contributed by atoms with Gasteiger partial charge in [0.1, 0.15) is 5.60 Å². The first-order valence-corrected chi connectivity index (χ1v) is 3.59. The molecule has 0 saturated heterocycles. The van der Waals surface area contributed by atoms with Crippen LogP contribution >= 0.6 is 0 Å². The minimum absolute atomic E-state index is 0.224. The molecular formula is C7H14O2. The Morgan fingerprint density at radius 1 is 1.22 bits per heavy atom.